The summed E-state index contributed by atoms with van der Waals surface area (Å²) in [5, 5.41) is 8.66. The fourth-order valence-corrected chi connectivity index (χ4v) is 2.08. The molecule has 0 spiro atoms. The van der Waals surface area contributed by atoms with Crippen LogP contribution < -0.4 is 0 Å². The minimum Gasteiger partial charge on any atom is -0.481 e. The van der Waals surface area contributed by atoms with E-state index in [0.29, 0.717) is 5.69 Å². The summed E-state index contributed by atoms with van der Waals surface area (Å²) in [5.74, 6) is -0.866. The Morgan fingerprint density at radius 2 is 2.33 bits per heavy atom. The Morgan fingerprint density at radius 1 is 1.60 bits per heavy atom. The van der Waals surface area contributed by atoms with Gasteiger partial charge in [0.15, 0.2) is 0 Å². The maximum absolute atomic E-state index is 10.5. The molecule has 0 aromatic carbocycles. The second-order valence-electron chi connectivity index (χ2n) is 3.37. The summed E-state index contributed by atoms with van der Waals surface area (Å²) in [7, 11) is 0. The van der Waals surface area contributed by atoms with E-state index in [9.17, 15) is 4.79 Å². The minimum atomic E-state index is -0.866. The van der Waals surface area contributed by atoms with Crippen LogP contribution in [0.2, 0.25) is 0 Å². The zero-order chi connectivity index (χ0) is 11.0. The molecular formula is C10H9BrN2O2. The van der Waals surface area contributed by atoms with Crippen LogP contribution in [0.3, 0.4) is 0 Å². The lowest BCUT2D eigenvalue weighted by Gasteiger charge is -1.97. The molecule has 0 fully saturated rings. The van der Waals surface area contributed by atoms with E-state index < -0.39 is 5.97 Å². The Bertz CT molecular complexity index is 533. The van der Waals surface area contributed by atoms with Gasteiger partial charge >= 0.3 is 5.97 Å². The third kappa shape index (κ3) is 2.02. The van der Waals surface area contributed by atoms with Crippen LogP contribution in [0, 0.1) is 6.92 Å². The molecule has 0 atom stereocenters. The molecule has 0 bridgehead atoms. The standard InChI is InChI=1S/C10H9BrN2O2/c1-6-2-7(11)4-13-5-8(3-9(14)15)12-10(6)13/h2,4-5H,3H2,1H3,(H,14,15). The third-order valence-electron chi connectivity index (χ3n) is 2.08. The van der Waals surface area contributed by atoms with E-state index in [2.05, 4.69) is 20.9 Å². The smallest absolute Gasteiger partial charge is 0.309 e. The zero-order valence-electron chi connectivity index (χ0n) is 8.07. The van der Waals surface area contributed by atoms with E-state index >= 15 is 0 Å². The van der Waals surface area contributed by atoms with Gasteiger partial charge in [-0.1, -0.05) is 0 Å². The molecule has 2 rings (SSSR count). The number of carbonyl (C=O) groups is 1. The first-order valence-corrected chi connectivity index (χ1v) is 5.21. The van der Waals surface area contributed by atoms with Gasteiger partial charge in [-0.15, -0.1) is 0 Å². The zero-order valence-corrected chi connectivity index (χ0v) is 9.65. The van der Waals surface area contributed by atoms with Crippen LogP contribution in [-0.4, -0.2) is 20.5 Å². The van der Waals surface area contributed by atoms with Crippen LogP contribution in [0.5, 0.6) is 0 Å². The Balaban J connectivity index is 2.55. The third-order valence-corrected chi connectivity index (χ3v) is 2.52. The SMILES string of the molecule is Cc1cc(Br)cn2cc(CC(=O)O)nc12. The number of hydrogen-bond donors (Lipinski definition) is 1. The average Bonchev–Trinajstić information content (AvgIpc) is 2.45. The number of carboxylic acids is 1. The Morgan fingerprint density at radius 3 is 3.00 bits per heavy atom. The van der Waals surface area contributed by atoms with Gasteiger partial charge in [0, 0.05) is 16.9 Å². The fourth-order valence-electron chi connectivity index (χ4n) is 1.52. The lowest BCUT2D eigenvalue weighted by Crippen LogP contribution is -1.99. The molecule has 2 aromatic heterocycles. The monoisotopic (exact) mass is 268 g/mol. The van der Waals surface area contributed by atoms with Gasteiger partial charge in [-0.05, 0) is 34.5 Å². The van der Waals surface area contributed by atoms with Gasteiger partial charge in [0.1, 0.15) is 5.65 Å². The molecule has 2 aromatic rings. The van der Waals surface area contributed by atoms with Gasteiger partial charge in [0.05, 0.1) is 12.1 Å². The lowest BCUT2D eigenvalue weighted by molar-refractivity contribution is -0.136. The number of aryl methyl sites for hydroxylation is 1. The van der Waals surface area contributed by atoms with Gasteiger partial charge in [-0.2, -0.15) is 0 Å². The number of hydrogen-bond acceptors (Lipinski definition) is 2. The number of aromatic nitrogens is 2. The van der Waals surface area contributed by atoms with Gasteiger partial charge in [0.2, 0.25) is 0 Å². The topological polar surface area (TPSA) is 54.6 Å². The van der Waals surface area contributed by atoms with Crippen LogP contribution in [0.25, 0.3) is 5.65 Å². The normalized spacial score (nSPS) is 10.8. The maximum atomic E-state index is 10.5. The maximum Gasteiger partial charge on any atom is 0.309 e. The average molecular weight is 269 g/mol. The first-order chi connectivity index (χ1) is 7.06. The molecule has 5 heteroatoms. The summed E-state index contributed by atoms with van der Waals surface area (Å²) in [4.78, 5) is 14.8. The number of nitrogens with zero attached hydrogens (tertiary/aromatic N) is 2. The number of halogens is 1. The molecule has 0 aliphatic heterocycles. The number of imidazole rings is 1. The summed E-state index contributed by atoms with van der Waals surface area (Å²) in [6.07, 6.45) is 3.56. The van der Waals surface area contributed by atoms with E-state index in [4.69, 9.17) is 5.11 Å². The highest BCUT2D eigenvalue weighted by Crippen LogP contribution is 2.17. The van der Waals surface area contributed by atoms with Gasteiger partial charge in [0.25, 0.3) is 0 Å². The lowest BCUT2D eigenvalue weighted by atomic mass is 10.3. The quantitative estimate of drug-likeness (QED) is 0.907. The highest BCUT2D eigenvalue weighted by molar-refractivity contribution is 9.10. The molecule has 4 nitrogen and oxygen atoms in total. The number of aliphatic carboxylic acids is 1. The molecule has 0 radical (unpaired) electrons. The van der Waals surface area contributed by atoms with Crippen molar-refractivity contribution in [1.29, 1.82) is 0 Å². The summed E-state index contributed by atoms with van der Waals surface area (Å²) in [6, 6.07) is 1.95. The van der Waals surface area contributed by atoms with E-state index in [-0.39, 0.29) is 6.42 Å². The summed E-state index contributed by atoms with van der Waals surface area (Å²) < 4.78 is 2.78. The molecule has 15 heavy (non-hydrogen) atoms. The predicted octanol–water partition coefficient (Wildman–Crippen LogP) is 2.03. The summed E-state index contributed by atoms with van der Waals surface area (Å²) in [6.45, 7) is 1.94. The van der Waals surface area contributed by atoms with Crippen molar-refractivity contribution in [2.24, 2.45) is 0 Å². The van der Waals surface area contributed by atoms with Crippen molar-refractivity contribution >= 4 is 27.5 Å². The highest BCUT2D eigenvalue weighted by atomic mass is 79.9. The van der Waals surface area contributed by atoms with Gasteiger partial charge in [-0.3, -0.25) is 4.79 Å². The van der Waals surface area contributed by atoms with Crippen molar-refractivity contribution in [1.82, 2.24) is 9.38 Å². The molecule has 0 amide bonds. The first kappa shape index (κ1) is 10.2. The molecule has 0 saturated heterocycles. The molecule has 2 heterocycles. The molecular weight excluding hydrogens is 260 g/mol. The Labute approximate surface area is 94.7 Å². The van der Waals surface area contributed by atoms with Crippen molar-refractivity contribution in [3.63, 3.8) is 0 Å². The molecule has 0 unspecified atom stereocenters. The van der Waals surface area contributed by atoms with Crippen molar-refractivity contribution in [2.75, 3.05) is 0 Å². The predicted molar refractivity (Wildman–Crippen MR) is 59.0 cm³/mol. The number of pyridine rings is 1. The van der Waals surface area contributed by atoms with Crippen LogP contribution in [-0.2, 0) is 11.2 Å². The number of fused-ring (bicyclic) bond motifs is 1. The second-order valence-corrected chi connectivity index (χ2v) is 4.29. The Kier molecular flexibility index (Phi) is 2.48. The van der Waals surface area contributed by atoms with Crippen molar-refractivity contribution in [2.45, 2.75) is 13.3 Å². The van der Waals surface area contributed by atoms with E-state index in [1.54, 1.807) is 6.20 Å². The van der Waals surface area contributed by atoms with E-state index in [0.717, 1.165) is 15.7 Å². The van der Waals surface area contributed by atoms with E-state index in [1.807, 2.05) is 23.6 Å². The molecule has 0 aliphatic rings. The first-order valence-electron chi connectivity index (χ1n) is 4.42. The van der Waals surface area contributed by atoms with Crippen molar-refractivity contribution in [3.05, 3.63) is 34.2 Å². The van der Waals surface area contributed by atoms with Gasteiger partial charge < -0.3 is 9.51 Å². The fraction of sp³-hybridized carbons (Fsp3) is 0.200. The van der Waals surface area contributed by atoms with Gasteiger partial charge in [-0.25, -0.2) is 4.98 Å². The number of carboxylic acid groups (broad SMARTS) is 1. The summed E-state index contributed by atoms with van der Waals surface area (Å²) >= 11 is 3.38. The van der Waals surface area contributed by atoms with Crippen LogP contribution in [0.4, 0.5) is 0 Å². The molecule has 1 N–H and O–H groups in total. The highest BCUT2D eigenvalue weighted by Gasteiger charge is 2.07. The van der Waals surface area contributed by atoms with Crippen LogP contribution in [0.15, 0.2) is 22.9 Å². The molecule has 0 aliphatic carbocycles. The van der Waals surface area contributed by atoms with Crippen LogP contribution >= 0.6 is 15.9 Å². The van der Waals surface area contributed by atoms with Crippen LogP contribution in [0.1, 0.15) is 11.3 Å². The van der Waals surface area contributed by atoms with Crippen molar-refractivity contribution in [3.8, 4) is 0 Å². The molecule has 0 saturated carbocycles. The van der Waals surface area contributed by atoms with E-state index in [1.165, 1.54) is 0 Å². The summed E-state index contributed by atoms with van der Waals surface area (Å²) in [5.41, 5.74) is 2.39. The second kappa shape index (κ2) is 3.66. The number of rotatable bonds is 2. The largest absolute Gasteiger partial charge is 0.481 e. The minimum absolute atomic E-state index is 0.0429. The Hall–Kier alpha value is -1.36. The molecule has 78 valence electrons. The van der Waals surface area contributed by atoms with Crippen molar-refractivity contribution < 1.29 is 9.90 Å².